The van der Waals surface area contributed by atoms with E-state index in [4.69, 9.17) is 10.8 Å². The van der Waals surface area contributed by atoms with Crippen LogP contribution in [0.3, 0.4) is 0 Å². The van der Waals surface area contributed by atoms with Crippen LogP contribution in [0.4, 0.5) is 16.2 Å². The van der Waals surface area contributed by atoms with Crippen LogP contribution in [0.25, 0.3) is 0 Å². The van der Waals surface area contributed by atoms with Crippen molar-refractivity contribution in [3.63, 3.8) is 0 Å². The van der Waals surface area contributed by atoms with Crippen LogP contribution >= 0.6 is 0 Å². The number of hydrogen-bond donors (Lipinski definition) is 3. The van der Waals surface area contributed by atoms with Crippen molar-refractivity contribution < 1.29 is 9.90 Å². The summed E-state index contributed by atoms with van der Waals surface area (Å²) < 4.78 is 0. The molecule has 1 saturated heterocycles. The molecule has 5 nitrogen and oxygen atoms in total. The minimum absolute atomic E-state index is 0.143. The molecule has 2 rings (SSSR count). The molecule has 0 saturated carbocycles. The van der Waals surface area contributed by atoms with Gasteiger partial charge in [0.1, 0.15) is 0 Å². The average molecular weight is 235 g/mol. The lowest BCUT2D eigenvalue weighted by atomic mass is 10.1. The van der Waals surface area contributed by atoms with E-state index in [-0.39, 0.29) is 6.04 Å². The summed E-state index contributed by atoms with van der Waals surface area (Å²) in [5.74, 6) is 0. The molecule has 0 spiro atoms. The third-order valence-electron chi connectivity index (χ3n) is 3.01. The summed E-state index contributed by atoms with van der Waals surface area (Å²) in [5.41, 5.74) is 7.41. The second kappa shape index (κ2) is 4.95. The zero-order chi connectivity index (χ0) is 12.3. The van der Waals surface area contributed by atoms with E-state index in [1.165, 1.54) is 4.90 Å². The SMILES string of the molecule is Nc1ccccc1N[C@@H]1CCCN(C(=O)O)C1. The quantitative estimate of drug-likeness (QED) is 0.683. The maximum Gasteiger partial charge on any atom is 0.407 e. The predicted molar refractivity (Wildman–Crippen MR) is 67.1 cm³/mol. The monoisotopic (exact) mass is 235 g/mol. The van der Waals surface area contributed by atoms with Gasteiger partial charge in [0.05, 0.1) is 11.4 Å². The summed E-state index contributed by atoms with van der Waals surface area (Å²) in [6.07, 6.45) is 1.01. The number of amides is 1. The molecule has 1 fully saturated rings. The van der Waals surface area contributed by atoms with Gasteiger partial charge in [0.25, 0.3) is 0 Å². The van der Waals surface area contributed by atoms with Crippen LogP contribution in [0, 0.1) is 0 Å². The first-order valence-electron chi connectivity index (χ1n) is 5.75. The molecule has 92 valence electrons. The van der Waals surface area contributed by atoms with Crippen molar-refractivity contribution in [1.82, 2.24) is 4.90 Å². The lowest BCUT2D eigenvalue weighted by Gasteiger charge is -2.32. The molecular weight excluding hydrogens is 218 g/mol. The lowest BCUT2D eigenvalue weighted by Crippen LogP contribution is -2.44. The number of likely N-dealkylation sites (tertiary alicyclic amines) is 1. The first-order valence-corrected chi connectivity index (χ1v) is 5.75. The van der Waals surface area contributed by atoms with Crippen LogP contribution in [0.2, 0.25) is 0 Å². The largest absolute Gasteiger partial charge is 0.465 e. The molecule has 1 aliphatic heterocycles. The highest BCUT2D eigenvalue weighted by atomic mass is 16.4. The summed E-state index contributed by atoms with van der Waals surface area (Å²) in [6, 6.07) is 7.68. The third kappa shape index (κ3) is 2.81. The van der Waals surface area contributed by atoms with Crippen molar-refractivity contribution in [3.8, 4) is 0 Å². The van der Waals surface area contributed by atoms with Gasteiger partial charge in [0.2, 0.25) is 0 Å². The van der Waals surface area contributed by atoms with Crippen LogP contribution in [-0.4, -0.2) is 35.2 Å². The van der Waals surface area contributed by atoms with Crippen molar-refractivity contribution in [2.75, 3.05) is 24.1 Å². The number of nitrogens with two attached hydrogens (primary N) is 1. The molecule has 1 aromatic carbocycles. The van der Waals surface area contributed by atoms with Gasteiger partial charge in [0, 0.05) is 19.1 Å². The molecule has 0 aromatic heterocycles. The summed E-state index contributed by atoms with van der Waals surface area (Å²) in [4.78, 5) is 12.3. The molecule has 0 radical (unpaired) electrons. The van der Waals surface area contributed by atoms with Crippen LogP contribution in [0.5, 0.6) is 0 Å². The number of para-hydroxylation sites is 2. The van der Waals surface area contributed by atoms with E-state index in [1.54, 1.807) is 0 Å². The number of nitrogens with zero attached hydrogens (tertiary/aromatic N) is 1. The molecule has 0 bridgehead atoms. The van der Waals surface area contributed by atoms with Gasteiger partial charge in [-0.05, 0) is 25.0 Å². The van der Waals surface area contributed by atoms with Crippen molar-refractivity contribution in [1.29, 1.82) is 0 Å². The second-order valence-corrected chi connectivity index (χ2v) is 4.30. The Bertz CT molecular complexity index is 408. The van der Waals surface area contributed by atoms with Crippen molar-refractivity contribution in [2.45, 2.75) is 18.9 Å². The molecule has 1 heterocycles. The Kier molecular flexibility index (Phi) is 3.37. The maximum atomic E-state index is 10.9. The third-order valence-corrected chi connectivity index (χ3v) is 3.01. The van der Waals surface area contributed by atoms with Crippen LogP contribution in [-0.2, 0) is 0 Å². The highest BCUT2D eigenvalue weighted by Crippen LogP contribution is 2.21. The maximum absolute atomic E-state index is 10.9. The van der Waals surface area contributed by atoms with Crippen LogP contribution < -0.4 is 11.1 Å². The van der Waals surface area contributed by atoms with E-state index in [9.17, 15) is 4.79 Å². The van der Waals surface area contributed by atoms with Crippen molar-refractivity contribution >= 4 is 17.5 Å². The molecule has 1 aromatic rings. The number of nitrogen functional groups attached to an aromatic ring is 1. The molecule has 17 heavy (non-hydrogen) atoms. The highest BCUT2D eigenvalue weighted by Gasteiger charge is 2.23. The molecule has 1 aliphatic rings. The molecule has 5 heteroatoms. The van der Waals surface area contributed by atoms with E-state index >= 15 is 0 Å². The number of rotatable bonds is 2. The van der Waals surface area contributed by atoms with Gasteiger partial charge in [0.15, 0.2) is 0 Å². The number of piperidine rings is 1. The van der Waals surface area contributed by atoms with Gasteiger partial charge < -0.3 is 21.1 Å². The zero-order valence-corrected chi connectivity index (χ0v) is 9.60. The number of carboxylic acid groups (broad SMARTS) is 1. The summed E-state index contributed by atoms with van der Waals surface area (Å²) >= 11 is 0. The fraction of sp³-hybridized carbons (Fsp3) is 0.417. The number of nitrogens with one attached hydrogen (secondary N) is 1. The second-order valence-electron chi connectivity index (χ2n) is 4.30. The van der Waals surface area contributed by atoms with Crippen molar-refractivity contribution in [3.05, 3.63) is 24.3 Å². The van der Waals surface area contributed by atoms with Crippen molar-refractivity contribution in [2.24, 2.45) is 0 Å². The lowest BCUT2D eigenvalue weighted by molar-refractivity contribution is 0.133. The van der Waals surface area contributed by atoms with E-state index in [1.807, 2.05) is 24.3 Å². The van der Waals surface area contributed by atoms with E-state index in [0.29, 0.717) is 18.8 Å². The fourth-order valence-corrected chi connectivity index (χ4v) is 2.12. The summed E-state index contributed by atoms with van der Waals surface area (Å²) in [5, 5.41) is 12.3. The minimum atomic E-state index is -0.850. The number of anilines is 2. The molecule has 1 amide bonds. The Hall–Kier alpha value is -1.91. The fourth-order valence-electron chi connectivity index (χ4n) is 2.12. The Balaban J connectivity index is 1.99. The Labute approximate surface area is 100 Å². The minimum Gasteiger partial charge on any atom is -0.465 e. The molecule has 0 aliphatic carbocycles. The Morgan fingerprint density at radius 1 is 1.47 bits per heavy atom. The summed E-state index contributed by atoms with van der Waals surface area (Å²) in [7, 11) is 0. The smallest absolute Gasteiger partial charge is 0.407 e. The number of hydrogen-bond acceptors (Lipinski definition) is 3. The number of carbonyl (C=O) groups is 1. The van der Waals surface area contributed by atoms with Crippen LogP contribution in [0.1, 0.15) is 12.8 Å². The summed E-state index contributed by atoms with van der Waals surface area (Å²) in [6.45, 7) is 1.14. The Morgan fingerprint density at radius 2 is 2.24 bits per heavy atom. The molecular formula is C12H17N3O2. The van der Waals surface area contributed by atoms with Gasteiger partial charge in [-0.1, -0.05) is 12.1 Å². The zero-order valence-electron chi connectivity index (χ0n) is 9.60. The van der Waals surface area contributed by atoms with E-state index in [2.05, 4.69) is 5.32 Å². The first kappa shape index (κ1) is 11.6. The number of benzene rings is 1. The van der Waals surface area contributed by atoms with Gasteiger partial charge in [-0.3, -0.25) is 0 Å². The van der Waals surface area contributed by atoms with Gasteiger partial charge in [-0.25, -0.2) is 4.79 Å². The van der Waals surface area contributed by atoms with E-state index in [0.717, 1.165) is 18.5 Å². The van der Waals surface area contributed by atoms with E-state index < -0.39 is 6.09 Å². The molecule has 0 unspecified atom stereocenters. The molecule has 1 atom stereocenters. The standard InChI is InChI=1S/C12H17N3O2/c13-10-5-1-2-6-11(10)14-9-4-3-7-15(8-9)12(16)17/h1-2,5-6,9,14H,3-4,7-8,13H2,(H,16,17)/t9-/m1/s1. The topological polar surface area (TPSA) is 78.6 Å². The predicted octanol–water partition coefficient (Wildman–Crippen LogP) is 1.82. The normalized spacial score (nSPS) is 20.0. The average Bonchev–Trinajstić information content (AvgIpc) is 2.32. The van der Waals surface area contributed by atoms with Gasteiger partial charge >= 0.3 is 6.09 Å². The van der Waals surface area contributed by atoms with Gasteiger partial charge in [-0.15, -0.1) is 0 Å². The highest BCUT2D eigenvalue weighted by molar-refractivity contribution is 5.67. The first-order chi connectivity index (χ1) is 8.16. The Morgan fingerprint density at radius 3 is 2.94 bits per heavy atom. The van der Waals surface area contributed by atoms with Crippen LogP contribution in [0.15, 0.2) is 24.3 Å². The van der Waals surface area contributed by atoms with Gasteiger partial charge in [-0.2, -0.15) is 0 Å². The molecule has 4 N–H and O–H groups in total.